The third kappa shape index (κ3) is 10.2. The largest absolute Gasteiger partial charge is 0.370 e. The average molecular weight is 285 g/mol. The predicted molar refractivity (Wildman–Crippen MR) is 56.9 cm³/mol. The van der Waals surface area contributed by atoms with Gasteiger partial charge in [-0.15, -0.1) is 0 Å². The first-order valence-corrected chi connectivity index (χ1v) is 5.17. The maximum absolute atomic E-state index is 10.3. The van der Waals surface area contributed by atoms with Crippen molar-refractivity contribution in [3.63, 3.8) is 0 Å². The summed E-state index contributed by atoms with van der Waals surface area (Å²) in [6.07, 6.45) is 6.03. The Morgan fingerprint density at radius 3 is 2.33 bits per heavy atom. The molecule has 0 rings (SSSR count). The molecule has 0 atom stereocenters. The molecule has 0 unspecified atom stereocenters. The van der Waals surface area contributed by atoms with Gasteiger partial charge in [0.2, 0.25) is 5.91 Å². The van der Waals surface area contributed by atoms with Crippen LogP contribution in [-0.2, 0) is 7.86 Å². The van der Waals surface area contributed by atoms with Crippen LogP contribution in [0.25, 0.3) is 0 Å². The summed E-state index contributed by atoms with van der Waals surface area (Å²) in [5, 5.41) is 0. The van der Waals surface area contributed by atoms with Crippen molar-refractivity contribution < 1.29 is 7.86 Å². The number of unbranched alkanes of at least 4 members (excludes halogenated alkanes) is 4. The van der Waals surface area contributed by atoms with Gasteiger partial charge in [0.25, 0.3) is 0 Å². The molecule has 0 aliphatic rings. The fraction of sp³-hybridized carbons (Fsp3) is 0.875. The molecule has 0 aromatic rings. The Morgan fingerprint density at radius 1 is 1.17 bits per heavy atom. The molecule has 0 saturated carbocycles. The van der Waals surface area contributed by atoms with E-state index in [4.69, 9.17) is 8.80 Å². The van der Waals surface area contributed by atoms with Gasteiger partial charge in [-0.3, -0.25) is 4.79 Å². The Labute approximate surface area is 87.7 Å². The first kappa shape index (κ1) is 12.2. The monoisotopic (exact) mass is 285 g/mol. The lowest BCUT2D eigenvalue weighted by Crippen LogP contribution is -2.09. The summed E-state index contributed by atoms with van der Waals surface area (Å²) in [7, 11) is 0. The third-order valence-corrected chi connectivity index (χ3v) is 2.09. The first-order valence-electron chi connectivity index (χ1n) is 4.29. The van der Waals surface area contributed by atoms with Crippen molar-refractivity contribution in [1.82, 2.24) is 0 Å². The van der Waals surface area contributed by atoms with E-state index in [1.165, 1.54) is 12.8 Å². The van der Waals surface area contributed by atoms with E-state index in [1.807, 2.05) is 23.0 Å². The molecule has 0 heterocycles. The maximum Gasteiger partial charge on any atom is 0.217 e. The summed E-state index contributed by atoms with van der Waals surface area (Å²) in [5.74, 6) is -0.189. The minimum Gasteiger partial charge on any atom is -0.370 e. The number of hydrogen-bond acceptors (Lipinski definition) is 2. The topological polar surface area (TPSA) is 52.3 Å². The van der Waals surface area contributed by atoms with Crippen molar-refractivity contribution in [1.29, 1.82) is 0 Å². The van der Waals surface area contributed by atoms with Gasteiger partial charge in [-0.2, -0.15) is 0 Å². The molecule has 4 heteroatoms. The van der Waals surface area contributed by atoms with Crippen LogP contribution in [0.4, 0.5) is 0 Å². The van der Waals surface area contributed by atoms with Crippen LogP contribution in [0.1, 0.15) is 38.5 Å². The van der Waals surface area contributed by atoms with E-state index in [1.54, 1.807) is 0 Å². The lowest BCUT2D eigenvalue weighted by molar-refractivity contribution is -0.118. The molecule has 0 fully saturated rings. The molecule has 0 saturated heterocycles. The molecule has 0 aliphatic heterocycles. The highest BCUT2D eigenvalue weighted by Crippen LogP contribution is 2.05. The van der Waals surface area contributed by atoms with Crippen LogP contribution in [0.3, 0.4) is 0 Å². The number of carbonyl (C=O) groups excluding carboxylic acids is 1. The van der Waals surface area contributed by atoms with Gasteiger partial charge in [0.15, 0.2) is 0 Å². The SMILES string of the molecule is NC(=O)CCCCCCCOI. The Bertz CT molecular complexity index is 120. The van der Waals surface area contributed by atoms with Crippen LogP contribution in [-0.4, -0.2) is 12.5 Å². The molecular weight excluding hydrogens is 269 g/mol. The summed E-state index contributed by atoms with van der Waals surface area (Å²) >= 11 is 1.90. The molecule has 12 heavy (non-hydrogen) atoms. The van der Waals surface area contributed by atoms with E-state index in [-0.39, 0.29) is 5.91 Å². The number of halogens is 1. The standard InChI is InChI=1S/C8H16INO2/c9-12-7-5-3-1-2-4-6-8(10)11/h1-7H2,(H2,10,11). The van der Waals surface area contributed by atoms with Crippen molar-refractivity contribution in [3.8, 4) is 0 Å². The highest BCUT2D eigenvalue weighted by atomic mass is 127. The van der Waals surface area contributed by atoms with Crippen LogP contribution in [0.2, 0.25) is 0 Å². The molecule has 0 aromatic carbocycles. The zero-order chi connectivity index (χ0) is 9.23. The molecule has 3 nitrogen and oxygen atoms in total. The Kier molecular flexibility index (Phi) is 9.37. The number of hydrogen-bond donors (Lipinski definition) is 1. The predicted octanol–water partition coefficient (Wildman–Crippen LogP) is 2.18. The number of nitrogens with two attached hydrogens (primary N) is 1. The van der Waals surface area contributed by atoms with Crippen LogP contribution in [0.15, 0.2) is 0 Å². The van der Waals surface area contributed by atoms with Gasteiger partial charge < -0.3 is 8.80 Å². The number of primary amides is 1. The second-order valence-electron chi connectivity index (χ2n) is 2.80. The van der Waals surface area contributed by atoms with E-state index >= 15 is 0 Å². The van der Waals surface area contributed by atoms with E-state index in [0.717, 1.165) is 25.9 Å². The van der Waals surface area contributed by atoms with Gasteiger partial charge in [-0.05, 0) is 12.8 Å². The van der Waals surface area contributed by atoms with Gasteiger partial charge in [-0.25, -0.2) is 0 Å². The fourth-order valence-electron chi connectivity index (χ4n) is 0.986. The first-order chi connectivity index (χ1) is 5.77. The lowest BCUT2D eigenvalue weighted by Gasteiger charge is -1.98. The Hall–Kier alpha value is 0.160. The maximum atomic E-state index is 10.3. The van der Waals surface area contributed by atoms with Crippen molar-refractivity contribution >= 4 is 28.9 Å². The second kappa shape index (κ2) is 9.25. The van der Waals surface area contributed by atoms with Crippen LogP contribution >= 0.6 is 23.0 Å². The smallest absolute Gasteiger partial charge is 0.217 e. The van der Waals surface area contributed by atoms with Gasteiger partial charge in [0, 0.05) is 6.42 Å². The summed E-state index contributed by atoms with van der Waals surface area (Å²) in [4.78, 5) is 10.3. The molecule has 0 bridgehead atoms. The lowest BCUT2D eigenvalue weighted by atomic mass is 10.1. The fourth-order valence-corrected chi connectivity index (χ4v) is 1.30. The Balaban J connectivity index is 2.86. The highest BCUT2D eigenvalue weighted by molar-refractivity contribution is 14.1. The quantitative estimate of drug-likeness (QED) is 0.549. The number of carbonyl (C=O) groups is 1. The zero-order valence-corrected chi connectivity index (χ0v) is 9.38. The number of amides is 1. The van der Waals surface area contributed by atoms with Crippen molar-refractivity contribution in [3.05, 3.63) is 0 Å². The van der Waals surface area contributed by atoms with E-state index < -0.39 is 0 Å². The van der Waals surface area contributed by atoms with Gasteiger partial charge in [0.05, 0.1) is 6.61 Å². The molecule has 0 aromatic heterocycles. The van der Waals surface area contributed by atoms with Gasteiger partial charge in [-0.1, -0.05) is 19.3 Å². The van der Waals surface area contributed by atoms with Crippen molar-refractivity contribution in [2.45, 2.75) is 38.5 Å². The second-order valence-corrected chi connectivity index (χ2v) is 3.42. The molecule has 72 valence electrons. The molecule has 1 amide bonds. The summed E-state index contributed by atoms with van der Waals surface area (Å²) in [6.45, 7) is 0.830. The molecular formula is C8H16INO2. The van der Waals surface area contributed by atoms with Crippen LogP contribution < -0.4 is 5.73 Å². The summed E-state index contributed by atoms with van der Waals surface area (Å²) in [6, 6.07) is 0. The zero-order valence-electron chi connectivity index (χ0n) is 7.22. The minimum atomic E-state index is -0.189. The summed E-state index contributed by atoms with van der Waals surface area (Å²) < 4.78 is 4.88. The van der Waals surface area contributed by atoms with Gasteiger partial charge in [0.1, 0.15) is 23.0 Å². The van der Waals surface area contributed by atoms with E-state index in [0.29, 0.717) is 6.42 Å². The normalized spacial score (nSPS) is 10.1. The van der Waals surface area contributed by atoms with E-state index in [2.05, 4.69) is 0 Å². The van der Waals surface area contributed by atoms with E-state index in [9.17, 15) is 4.79 Å². The van der Waals surface area contributed by atoms with Crippen LogP contribution in [0.5, 0.6) is 0 Å². The minimum absolute atomic E-state index is 0.189. The average Bonchev–Trinajstić information content (AvgIpc) is 2.02. The third-order valence-electron chi connectivity index (χ3n) is 1.64. The molecule has 0 radical (unpaired) electrons. The molecule has 2 N–H and O–H groups in total. The molecule has 0 spiro atoms. The Morgan fingerprint density at radius 2 is 1.75 bits per heavy atom. The molecule has 0 aliphatic carbocycles. The van der Waals surface area contributed by atoms with Crippen LogP contribution in [0, 0.1) is 0 Å². The van der Waals surface area contributed by atoms with Gasteiger partial charge >= 0.3 is 0 Å². The number of rotatable bonds is 8. The van der Waals surface area contributed by atoms with Crippen molar-refractivity contribution in [2.75, 3.05) is 6.61 Å². The summed E-state index contributed by atoms with van der Waals surface area (Å²) in [5.41, 5.74) is 4.99. The van der Waals surface area contributed by atoms with Crippen molar-refractivity contribution in [2.24, 2.45) is 5.73 Å². The highest BCUT2D eigenvalue weighted by Gasteiger charge is 1.94.